The molecule has 2 fully saturated rings. The van der Waals surface area contributed by atoms with Crippen molar-refractivity contribution in [3.8, 4) is 0 Å². The molecule has 156 valence electrons. The summed E-state index contributed by atoms with van der Waals surface area (Å²) in [5, 5.41) is 0. The Morgan fingerprint density at radius 2 is 1.96 bits per heavy atom. The molecule has 0 amide bonds. The summed E-state index contributed by atoms with van der Waals surface area (Å²) in [6.07, 6.45) is 8.62. The fourth-order valence-electron chi connectivity index (χ4n) is 5.09. The van der Waals surface area contributed by atoms with Crippen LogP contribution in [0.4, 0.5) is 0 Å². The van der Waals surface area contributed by atoms with Crippen LogP contribution in [-0.2, 0) is 14.3 Å². The van der Waals surface area contributed by atoms with Crippen LogP contribution in [0.25, 0.3) is 0 Å². The maximum absolute atomic E-state index is 12.1. The summed E-state index contributed by atoms with van der Waals surface area (Å²) in [5.41, 5.74) is 1.47. The minimum atomic E-state index is -0.0105. The monoisotopic (exact) mass is 378 g/mol. The van der Waals surface area contributed by atoms with E-state index >= 15 is 0 Å². The Labute approximate surface area is 167 Å². The van der Waals surface area contributed by atoms with Crippen molar-refractivity contribution in [1.29, 1.82) is 0 Å². The Bertz CT molecular complexity index is 520. The molecule has 3 heteroatoms. The summed E-state index contributed by atoms with van der Waals surface area (Å²) in [7, 11) is 0. The number of hydrogen-bond donors (Lipinski definition) is 0. The quantitative estimate of drug-likeness (QED) is 0.363. The summed E-state index contributed by atoms with van der Waals surface area (Å²) < 4.78 is 11.5. The molecule has 0 N–H and O–H groups in total. The number of carbonyl (C=O) groups excluding carboxylic acids is 1. The van der Waals surface area contributed by atoms with Gasteiger partial charge < -0.3 is 9.47 Å². The third kappa shape index (κ3) is 5.82. The van der Waals surface area contributed by atoms with Gasteiger partial charge in [-0.05, 0) is 68.6 Å². The van der Waals surface area contributed by atoms with E-state index in [0.29, 0.717) is 30.5 Å². The fraction of sp³-hybridized carbons (Fsp3) is 0.875. The van der Waals surface area contributed by atoms with Gasteiger partial charge in [0.05, 0.1) is 25.2 Å². The molecule has 2 aliphatic rings. The standard InChI is InChI=1S/C24H42O3/c1-8-26-23(25)22-20(24(22,6)7)12-10-17(4)13-14-27-21-15-18(5)9-11-19(21)16(2)3/h13,16,18-22H,8-12,14-15H2,1-7H3/b17-13+. The average Bonchev–Trinajstić information content (AvgIpc) is 3.14. The van der Waals surface area contributed by atoms with Gasteiger partial charge in [-0.2, -0.15) is 0 Å². The van der Waals surface area contributed by atoms with Crippen molar-refractivity contribution in [2.24, 2.45) is 35.0 Å². The van der Waals surface area contributed by atoms with Crippen molar-refractivity contribution >= 4 is 5.97 Å². The molecule has 5 unspecified atom stereocenters. The lowest BCUT2D eigenvalue weighted by molar-refractivity contribution is -0.145. The zero-order valence-electron chi connectivity index (χ0n) is 18.7. The molecule has 2 aliphatic carbocycles. The van der Waals surface area contributed by atoms with Crippen LogP contribution in [0, 0.1) is 35.0 Å². The van der Waals surface area contributed by atoms with E-state index in [4.69, 9.17) is 9.47 Å². The number of carbonyl (C=O) groups is 1. The van der Waals surface area contributed by atoms with Gasteiger partial charge in [-0.3, -0.25) is 4.79 Å². The Morgan fingerprint density at radius 1 is 1.26 bits per heavy atom. The zero-order valence-corrected chi connectivity index (χ0v) is 18.7. The topological polar surface area (TPSA) is 35.5 Å². The SMILES string of the molecule is CCOC(=O)C1C(CC/C(C)=C/COC2CC(C)CCC2C(C)C)C1(C)C. The fourth-order valence-corrected chi connectivity index (χ4v) is 5.09. The lowest BCUT2D eigenvalue weighted by Gasteiger charge is -2.37. The van der Waals surface area contributed by atoms with E-state index in [2.05, 4.69) is 47.6 Å². The van der Waals surface area contributed by atoms with Crippen LogP contribution >= 0.6 is 0 Å². The Kier molecular flexibility index (Phi) is 7.97. The summed E-state index contributed by atoms with van der Waals surface area (Å²) in [6, 6.07) is 0. The van der Waals surface area contributed by atoms with Gasteiger partial charge in [-0.25, -0.2) is 0 Å². The highest BCUT2D eigenvalue weighted by atomic mass is 16.5. The van der Waals surface area contributed by atoms with Crippen LogP contribution in [0.5, 0.6) is 0 Å². The minimum Gasteiger partial charge on any atom is -0.466 e. The van der Waals surface area contributed by atoms with E-state index in [1.165, 1.54) is 24.8 Å². The van der Waals surface area contributed by atoms with Crippen LogP contribution in [0.1, 0.15) is 80.6 Å². The van der Waals surface area contributed by atoms with Crippen molar-refractivity contribution in [1.82, 2.24) is 0 Å². The largest absolute Gasteiger partial charge is 0.466 e. The molecular formula is C24H42O3. The molecule has 0 heterocycles. The third-order valence-corrected chi connectivity index (χ3v) is 7.14. The normalized spacial score (nSPS) is 33.2. The summed E-state index contributed by atoms with van der Waals surface area (Å²) in [5.74, 6) is 2.70. The van der Waals surface area contributed by atoms with Crippen molar-refractivity contribution in [3.63, 3.8) is 0 Å². The molecule has 0 aliphatic heterocycles. The number of rotatable bonds is 9. The van der Waals surface area contributed by atoms with Crippen molar-refractivity contribution in [3.05, 3.63) is 11.6 Å². The van der Waals surface area contributed by atoms with Gasteiger partial charge >= 0.3 is 5.97 Å². The summed E-state index contributed by atoms with van der Waals surface area (Å²) in [6.45, 7) is 16.7. The van der Waals surface area contributed by atoms with E-state index < -0.39 is 0 Å². The van der Waals surface area contributed by atoms with Gasteiger partial charge in [0.2, 0.25) is 0 Å². The Morgan fingerprint density at radius 3 is 2.59 bits per heavy atom. The van der Waals surface area contributed by atoms with Gasteiger partial charge in [0.25, 0.3) is 0 Å². The van der Waals surface area contributed by atoms with E-state index in [1.54, 1.807) is 0 Å². The number of ether oxygens (including phenoxy) is 2. The van der Waals surface area contributed by atoms with Gasteiger partial charge in [0.15, 0.2) is 0 Å². The van der Waals surface area contributed by atoms with Crippen LogP contribution in [-0.4, -0.2) is 25.3 Å². The first-order valence-corrected chi connectivity index (χ1v) is 11.1. The minimum absolute atomic E-state index is 0.0105. The molecule has 0 radical (unpaired) electrons. The Balaban J connectivity index is 1.77. The highest BCUT2D eigenvalue weighted by Gasteiger charge is 2.61. The molecule has 3 nitrogen and oxygen atoms in total. The molecule has 0 aromatic heterocycles. The first kappa shape index (κ1) is 22.5. The first-order chi connectivity index (χ1) is 12.7. The van der Waals surface area contributed by atoms with E-state index in [1.807, 2.05) is 6.92 Å². The lowest BCUT2D eigenvalue weighted by Crippen LogP contribution is -2.34. The van der Waals surface area contributed by atoms with Gasteiger partial charge in [-0.1, -0.05) is 52.7 Å². The van der Waals surface area contributed by atoms with Crippen molar-refractivity contribution < 1.29 is 14.3 Å². The highest BCUT2D eigenvalue weighted by molar-refractivity contribution is 5.77. The number of allylic oxidation sites excluding steroid dienone is 1. The zero-order chi connectivity index (χ0) is 20.2. The van der Waals surface area contributed by atoms with Gasteiger partial charge in [0.1, 0.15) is 0 Å². The van der Waals surface area contributed by atoms with Crippen molar-refractivity contribution in [2.75, 3.05) is 13.2 Å². The second-order valence-electron chi connectivity index (χ2n) is 9.94. The Hall–Kier alpha value is -0.830. The molecular weight excluding hydrogens is 336 g/mol. The molecule has 0 spiro atoms. The number of esters is 1. The lowest BCUT2D eigenvalue weighted by atomic mass is 9.75. The third-order valence-electron chi connectivity index (χ3n) is 7.14. The summed E-state index contributed by atoms with van der Waals surface area (Å²) in [4.78, 5) is 12.1. The first-order valence-electron chi connectivity index (χ1n) is 11.1. The highest BCUT2D eigenvalue weighted by Crippen LogP contribution is 2.61. The maximum atomic E-state index is 12.1. The van der Waals surface area contributed by atoms with E-state index in [0.717, 1.165) is 25.4 Å². The van der Waals surface area contributed by atoms with Gasteiger partial charge in [0, 0.05) is 0 Å². The van der Waals surface area contributed by atoms with Crippen LogP contribution < -0.4 is 0 Å². The molecule has 0 aromatic carbocycles. The molecule has 5 atom stereocenters. The van der Waals surface area contributed by atoms with Gasteiger partial charge in [-0.15, -0.1) is 0 Å². The molecule has 0 bridgehead atoms. The van der Waals surface area contributed by atoms with Crippen molar-refractivity contribution in [2.45, 2.75) is 86.7 Å². The predicted octanol–water partition coefficient (Wildman–Crippen LogP) is 6.03. The molecule has 0 saturated heterocycles. The second kappa shape index (κ2) is 9.58. The maximum Gasteiger partial charge on any atom is 0.309 e. The summed E-state index contributed by atoms with van der Waals surface area (Å²) >= 11 is 0. The van der Waals surface area contributed by atoms with E-state index in [-0.39, 0.29) is 17.3 Å². The number of hydrogen-bond acceptors (Lipinski definition) is 3. The molecule has 27 heavy (non-hydrogen) atoms. The average molecular weight is 379 g/mol. The van der Waals surface area contributed by atoms with E-state index in [9.17, 15) is 4.79 Å². The van der Waals surface area contributed by atoms with Crippen LogP contribution in [0.15, 0.2) is 11.6 Å². The molecule has 2 saturated carbocycles. The predicted molar refractivity (Wildman–Crippen MR) is 111 cm³/mol. The van der Waals surface area contributed by atoms with Crippen LogP contribution in [0.3, 0.4) is 0 Å². The second-order valence-corrected chi connectivity index (χ2v) is 9.94. The molecule has 0 aromatic rings. The molecule has 2 rings (SSSR count). The smallest absolute Gasteiger partial charge is 0.309 e. The van der Waals surface area contributed by atoms with Crippen LogP contribution in [0.2, 0.25) is 0 Å².